The number of thiophene rings is 1. The highest BCUT2D eigenvalue weighted by atomic mass is 32.1. The van der Waals surface area contributed by atoms with E-state index >= 15 is 0 Å². The largest absolute Gasteiger partial charge is 0.465 e. The summed E-state index contributed by atoms with van der Waals surface area (Å²) >= 11 is 1.43. The van der Waals surface area contributed by atoms with Crippen LogP contribution in [0.1, 0.15) is 79.1 Å². The Bertz CT molecular complexity index is 1320. The highest BCUT2D eigenvalue weighted by Gasteiger charge is 2.34. The van der Waals surface area contributed by atoms with Crippen LogP contribution < -0.4 is 5.32 Å². The lowest BCUT2D eigenvalue weighted by atomic mass is 9.72. The second kappa shape index (κ2) is 10.2. The predicted molar refractivity (Wildman–Crippen MR) is 140 cm³/mol. The van der Waals surface area contributed by atoms with Gasteiger partial charge >= 0.3 is 5.97 Å². The topological polar surface area (TPSA) is 89.5 Å². The van der Waals surface area contributed by atoms with Gasteiger partial charge < -0.3 is 10.1 Å². The summed E-state index contributed by atoms with van der Waals surface area (Å²) in [6.45, 7) is 6.67. The number of hydrogen-bond acceptors (Lipinski definition) is 6. The van der Waals surface area contributed by atoms with Gasteiger partial charge in [-0.1, -0.05) is 63.2 Å². The van der Waals surface area contributed by atoms with Crippen molar-refractivity contribution < 1.29 is 23.9 Å². The van der Waals surface area contributed by atoms with Crippen molar-refractivity contribution in [2.45, 2.75) is 40.0 Å². The van der Waals surface area contributed by atoms with Crippen molar-refractivity contribution in [3.05, 3.63) is 87.3 Å². The molecule has 1 N–H and O–H groups in total. The highest BCUT2D eigenvalue weighted by molar-refractivity contribution is 7.17. The molecule has 0 fully saturated rings. The molecular weight excluding hydrogens is 474 g/mol. The number of amides is 1. The van der Waals surface area contributed by atoms with E-state index in [1.807, 2.05) is 0 Å². The molecule has 0 saturated heterocycles. The van der Waals surface area contributed by atoms with Gasteiger partial charge in [0.25, 0.3) is 5.91 Å². The number of Topliss-reactive ketones (excluding diaryl/α,β-unsaturated/α-hetero) is 2. The van der Waals surface area contributed by atoms with Gasteiger partial charge in [-0.15, -0.1) is 11.3 Å². The smallest absolute Gasteiger partial charge is 0.341 e. The quantitative estimate of drug-likeness (QED) is 0.253. The molecule has 7 heteroatoms. The molecule has 186 valence electrons. The van der Waals surface area contributed by atoms with E-state index in [2.05, 4.69) is 26.1 Å². The molecule has 36 heavy (non-hydrogen) atoms. The van der Waals surface area contributed by atoms with E-state index in [1.54, 1.807) is 30.3 Å². The van der Waals surface area contributed by atoms with E-state index < -0.39 is 23.4 Å². The lowest BCUT2D eigenvalue weighted by molar-refractivity contribution is 0.0600. The van der Waals surface area contributed by atoms with Crippen molar-refractivity contribution in [3.63, 3.8) is 0 Å². The maximum Gasteiger partial charge on any atom is 0.341 e. The standard InChI is InChI=1S/C29H29NO5S/c1-29(2,3)20-14-15-21-22(16-20)36-27(23(21)28(34)35-4)30-26(33)19-12-10-18(11-13-19)25(32)24(31)17-8-6-5-7-9-17/h5-13,20H,14-16H2,1-4H3,(H,30,33). The Kier molecular flexibility index (Phi) is 7.22. The average molecular weight is 504 g/mol. The fourth-order valence-electron chi connectivity index (χ4n) is 4.53. The van der Waals surface area contributed by atoms with Crippen molar-refractivity contribution in [2.75, 3.05) is 12.4 Å². The summed E-state index contributed by atoms with van der Waals surface area (Å²) < 4.78 is 5.03. The van der Waals surface area contributed by atoms with Crippen LogP contribution in [0.15, 0.2) is 54.6 Å². The zero-order valence-corrected chi connectivity index (χ0v) is 21.7. The van der Waals surface area contributed by atoms with Crippen LogP contribution >= 0.6 is 11.3 Å². The molecule has 0 bridgehead atoms. The van der Waals surface area contributed by atoms with E-state index in [-0.39, 0.29) is 11.0 Å². The number of esters is 1. The number of carbonyl (C=O) groups is 4. The third kappa shape index (κ3) is 5.16. The molecule has 1 atom stereocenters. The number of ether oxygens (including phenoxy) is 1. The summed E-state index contributed by atoms with van der Waals surface area (Å²) in [6, 6.07) is 14.3. The van der Waals surface area contributed by atoms with Crippen LogP contribution in [-0.2, 0) is 17.6 Å². The minimum Gasteiger partial charge on any atom is -0.465 e. The molecule has 6 nitrogen and oxygen atoms in total. The zero-order chi connectivity index (χ0) is 26.0. The van der Waals surface area contributed by atoms with Crippen LogP contribution in [0, 0.1) is 11.3 Å². The number of nitrogens with one attached hydrogen (secondary N) is 1. The lowest BCUT2D eigenvalue weighted by Crippen LogP contribution is -2.26. The maximum absolute atomic E-state index is 13.0. The van der Waals surface area contributed by atoms with Crippen LogP contribution in [0.3, 0.4) is 0 Å². The van der Waals surface area contributed by atoms with Crippen molar-refractivity contribution in [2.24, 2.45) is 11.3 Å². The molecular formula is C29H29NO5S. The molecule has 1 unspecified atom stereocenters. The number of benzene rings is 2. The summed E-state index contributed by atoms with van der Waals surface area (Å²) in [4.78, 5) is 51.8. The van der Waals surface area contributed by atoms with Crippen LogP contribution in [0.5, 0.6) is 0 Å². The monoisotopic (exact) mass is 503 g/mol. The second-order valence-corrected chi connectivity index (χ2v) is 11.2. The van der Waals surface area contributed by atoms with Gasteiger partial charge in [0.2, 0.25) is 11.6 Å². The van der Waals surface area contributed by atoms with E-state index in [1.165, 1.54) is 42.7 Å². The molecule has 1 aliphatic rings. The van der Waals surface area contributed by atoms with Crippen molar-refractivity contribution >= 4 is 39.8 Å². The summed E-state index contributed by atoms with van der Waals surface area (Å²) in [5.41, 5.74) is 2.37. The average Bonchev–Trinajstić information content (AvgIpc) is 3.24. The number of carbonyl (C=O) groups excluding carboxylic acids is 4. The first-order chi connectivity index (χ1) is 17.1. The number of ketones is 2. The molecule has 1 heterocycles. The highest BCUT2D eigenvalue weighted by Crippen LogP contribution is 2.44. The Hall–Kier alpha value is -3.58. The molecule has 4 rings (SSSR count). The first-order valence-corrected chi connectivity index (χ1v) is 12.7. The van der Waals surface area contributed by atoms with Crippen molar-refractivity contribution in [1.29, 1.82) is 0 Å². The molecule has 0 spiro atoms. The number of rotatable bonds is 6. The predicted octanol–water partition coefficient (Wildman–Crippen LogP) is 6.00. The third-order valence-electron chi connectivity index (χ3n) is 6.76. The summed E-state index contributed by atoms with van der Waals surface area (Å²) in [6.07, 6.45) is 2.59. The summed E-state index contributed by atoms with van der Waals surface area (Å²) in [5.74, 6) is -1.62. The van der Waals surface area contributed by atoms with Gasteiger partial charge in [0.1, 0.15) is 5.00 Å². The van der Waals surface area contributed by atoms with Gasteiger partial charge in [0, 0.05) is 21.6 Å². The Labute approximate surface area is 214 Å². The molecule has 1 amide bonds. The third-order valence-corrected chi connectivity index (χ3v) is 7.93. The molecule has 1 aromatic heterocycles. The lowest BCUT2D eigenvalue weighted by Gasteiger charge is -2.33. The van der Waals surface area contributed by atoms with Crippen molar-refractivity contribution in [1.82, 2.24) is 0 Å². The SMILES string of the molecule is COC(=O)c1c(NC(=O)c2ccc(C(=O)C(=O)c3ccccc3)cc2)sc2c1CCC(C(C)(C)C)C2. The first kappa shape index (κ1) is 25.5. The Balaban J connectivity index is 1.54. The molecule has 0 saturated carbocycles. The zero-order valence-electron chi connectivity index (χ0n) is 20.8. The molecule has 2 aromatic carbocycles. The van der Waals surface area contributed by atoms with E-state index in [9.17, 15) is 19.2 Å². The molecule has 3 aromatic rings. The maximum atomic E-state index is 13.0. The van der Waals surface area contributed by atoms with Crippen molar-refractivity contribution in [3.8, 4) is 0 Å². The number of anilines is 1. The summed E-state index contributed by atoms with van der Waals surface area (Å²) in [7, 11) is 1.34. The van der Waals surface area contributed by atoms with E-state index in [0.717, 1.165) is 29.7 Å². The number of fused-ring (bicyclic) bond motifs is 1. The Morgan fingerprint density at radius 2 is 1.47 bits per heavy atom. The molecule has 0 radical (unpaired) electrons. The second-order valence-electron chi connectivity index (χ2n) is 10.1. The van der Waals surface area contributed by atoms with E-state index in [4.69, 9.17) is 4.74 Å². The minimum atomic E-state index is -0.638. The van der Waals surface area contributed by atoms with Crippen LogP contribution in [0.2, 0.25) is 0 Å². The number of hydrogen-bond donors (Lipinski definition) is 1. The normalized spacial score (nSPS) is 15.1. The fraction of sp³-hybridized carbons (Fsp3) is 0.310. The Morgan fingerprint density at radius 3 is 2.06 bits per heavy atom. The van der Waals surface area contributed by atoms with Gasteiger partial charge in [-0.05, 0) is 48.3 Å². The van der Waals surface area contributed by atoms with Crippen LogP contribution in [0.25, 0.3) is 0 Å². The minimum absolute atomic E-state index is 0.150. The Morgan fingerprint density at radius 1 is 0.889 bits per heavy atom. The van der Waals surface area contributed by atoms with Gasteiger partial charge in [-0.3, -0.25) is 14.4 Å². The fourth-order valence-corrected chi connectivity index (χ4v) is 5.84. The van der Waals surface area contributed by atoms with Gasteiger partial charge in [-0.25, -0.2) is 4.79 Å². The first-order valence-electron chi connectivity index (χ1n) is 11.9. The van der Waals surface area contributed by atoms with Gasteiger partial charge in [-0.2, -0.15) is 0 Å². The van der Waals surface area contributed by atoms with Gasteiger partial charge in [0.15, 0.2) is 0 Å². The summed E-state index contributed by atoms with van der Waals surface area (Å²) in [5, 5.41) is 3.35. The van der Waals surface area contributed by atoms with Crippen LogP contribution in [0.4, 0.5) is 5.00 Å². The molecule has 1 aliphatic carbocycles. The van der Waals surface area contributed by atoms with Crippen LogP contribution in [-0.4, -0.2) is 30.6 Å². The molecule has 0 aliphatic heterocycles. The van der Waals surface area contributed by atoms with E-state index in [0.29, 0.717) is 27.6 Å². The number of methoxy groups -OCH3 is 1. The van der Waals surface area contributed by atoms with Gasteiger partial charge in [0.05, 0.1) is 12.7 Å².